The first-order chi connectivity index (χ1) is 15.9. The van der Waals surface area contributed by atoms with E-state index < -0.39 is 12.1 Å². The van der Waals surface area contributed by atoms with Gasteiger partial charge in [-0.3, -0.25) is 4.98 Å². The number of nitrogens with one attached hydrogen (secondary N) is 1. The first kappa shape index (κ1) is 23.4. The van der Waals surface area contributed by atoms with Crippen molar-refractivity contribution in [1.82, 2.24) is 15.3 Å². The third-order valence-corrected chi connectivity index (χ3v) is 7.26. The third-order valence-electron chi connectivity index (χ3n) is 6.18. The van der Waals surface area contributed by atoms with Gasteiger partial charge in [0.25, 0.3) is 0 Å². The fourth-order valence-corrected chi connectivity index (χ4v) is 5.32. The van der Waals surface area contributed by atoms with E-state index in [1.807, 2.05) is 19.1 Å². The van der Waals surface area contributed by atoms with Crippen LogP contribution in [0.25, 0.3) is 10.2 Å². The molecule has 9 heteroatoms. The standard InChI is InChI=1S/C24H31N5O3S/c1-3-4-15-11-19(28-23-20(15)21(25)22(33-23)24(31)32)29-9-7-16(8-10-29)26-13-18(30)17-6-5-14(2)12-27-17/h5-6,11-12,16,18,26,30H,3-4,7-10,13,25H2,1-2H3,(H,31,32). The number of nitrogen functional groups attached to an aromatic ring is 1. The molecule has 4 heterocycles. The van der Waals surface area contributed by atoms with E-state index >= 15 is 0 Å². The highest BCUT2D eigenvalue weighted by molar-refractivity contribution is 7.21. The van der Waals surface area contributed by atoms with Crippen LogP contribution in [0.4, 0.5) is 11.5 Å². The topological polar surface area (TPSA) is 125 Å². The summed E-state index contributed by atoms with van der Waals surface area (Å²) in [6.07, 6.45) is 4.79. The van der Waals surface area contributed by atoms with E-state index in [2.05, 4.69) is 28.2 Å². The van der Waals surface area contributed by atoms with Crippen LogP contribution in [0.3, 0.4) is 0 Å². The number of carboxylic acids is 1. The Morgan fingerprint density at radius 2 is 2.12 bits per heavy atom. The third kappa shape index (κ3) is 5.10. The molecule has 3 aromatic heterocycles. The average Bonchev–Trinajstić information content (AvgIpc) is 3.15. The van der Waals surface area contributed by atoms with E-state index in [-0.39, 0.29) is 4.88 Å². The molecule has 0 radical (unpaired) electrons. The quantitative estimate of drug-likeness (QED) is 0.395. The Morgan fingerprint density at radius 1 is 1.36 bits per heavy atom. The monoisotopic (exact) mass is 469 g/mol. The second-order valence-corrected chi connectivity index (χ2v) is 9.66. The van der Waals surface area contributed by atoms with Gasteiger partial charge in [0.05, 0.1) is 11.4 Å². The number of pyridine rings is 2. The molecule has 1 fully saturated rings. The van der Waals surface area contributed by atoms with Crippen LogP contribution < -0.4 is 16.0 Å². The molecule has 0 bridgehead atoms. The summed E-state index contributed by atoms with van der Waals surface area (Å²) in [4.78, 5) is 23.8. The van der Waals surface area contributed by atoms with Crippen LogP contribution in [0.1, 0.15) is 58.8 Å². The summed E-state index contributed by atoms with van der Waals surface area (Å²) in [5.74, 6) is -0.124. The van der Waals surface area contributed by atoms with Gasteiger partial charge < -0.3 is 26.2 Å². The van der Waals surface area contributed by atoms with Gasteiger partial charge in [0.15, 0.2) is 0 Å². The Kier molecular flexibility index (Phi) is 7.11. The second-order valence-electron chi connectivity index (χ2n) is 8.67. The zero-order valence-electron chi connectivity index (χ0n) is 19.0. The lowest BCUT2D eigenvalue weighted by Gasteiger charge is -2.34. The van der Waals surface area contributed by atoms with E-state index in [1.54, 1.807) is 6.20 Å². The molecular weight excluding hydrogens is 438 g/mol. The van der Waals surface area contributed by atoms with Crippen molar-refractivity contribution in [2.45, 2.75) is 51.7 Å². The molecule has 5 N–H and O–H groups in total. The lowest BCUT2D eigenvalue weighted by Crippen LogP contribution is -2.44. The Morgan fingerprint density at radius 3 is 2.76 bits per heavy atom. The second kappa shape index (κ2) is 10.0. The number of piperidine rings is 1. The number of aromatic carboxylic acids is 1. The number of hydrogen-bond acceptors (Lipinski definition) is 8. The molecule has 0 aromatic carbocycles. The predicted molar refractivity (Wildman–Crippen MR) is 132 cm³/mol. The maximum Gasteiger partial charge on any atom is 0.348 e. The van der Waals surface area contributed by atoms with E-state index in [4.69, 9.17) is 10.7 Å². The van der Waals surface area contributed by atoms with Crippen LogP contribution in [0.5, 0.6) is 0 Å². The number of nitrogens with two attached hydrogens (primary N) is 1. The fraction of sp³-hybridized carbons (Fsp3) is 0.458. The van der Waals surface area contributed by atoms with Gasteiger partial charge in [0, 0.05) is 37.3 Å². The minimum atomic E-state index is -1.01. The molecule has 3 aromatic rings. The summed E-state index contributed by atoms with van der Waals surface area (Å²) >= 11 is 1.15. The van der Waals surface area contributed by atoms with Crippen LogP contribution >= 0.6 is 11.3 Å². The summed E-state index contributed by atoms with van der Waals surface area (Å²) in [7, 11) is 0. The van der Waals surface area contributed by atoms with E-state index in [9.17, 15) is 15.0 Å². The highest BCUT2D eigenvalue weighted by Crippen LogP contribution is 2.37. The molecule has 176 valence electrons. The summed E-state index contributed by atoms with van der Waals surface area (Å²) in [6, 6.07) is 6.21. The maximum absolute atomic E-state index is 11.6. The van der Waals surface area contributed by atoms with Crippen molar-refractivity contribution in [2.75, 3.05) is 30.3 Å². The van der Waals surface area contributed by atoms with Gasteiger partial charge in [0.2, 0.25) is 0 Å². The summed E-state index contributed by atoms with van der Waals surface area (Å²) in [5.41, 5.74) is 9.32. The molecule has 0 amide bonds. The molecule has 1 atom stereocenters. The Hall–Kier alpha value is -2.75. The number of hydrogen-bond donors (Lipinski definition) is 4. The van der Waals surface area contributed by atoms with Crippen LogP contribution in [0, 0.1) is 6.92 Å². The van der Waals surface area contributed by atoms with Crippen LogP contribution in [0.15, 0.2) is 24.4 Å². The number of aromatic nitrogens is 2. The predicted octanol–water partition coefficient (Wildman–Crippen LogP) is 3.52. The largest absolute Gasteiger partial charge is 0.477 e. The highest BCUT2D eigenvalue weighted by atomic mass is 32.1. The van der Waals surface area contributed by atoms with E-state index in [0.29, 0.717) is 28.8 Å². The number of fused-ring (bicyclic) bond motifs is 1. The van der Waals surface area contributed by atoms with Crippen molar-refractivity contribution in [3.8, 4) is 0 Å². The summed E-state index contributed by atoms with van der Waals surface area (Å²) in [6.45, 7) is 6.23. The number of aliphatic hydroxyl groups is 1. The number of anilines is 2. The number of aryl methyl sites for hydroxylation is 2. The molecule has 0 spiro atoms. The minimum absolute atomic E-state index is 0.163. The minimum Gasteiger partial charge on any atom is -0.477 e. The molecular formula is C24H31N5O3S. The van der Waals surface area contributed by atoms with E-state index in [0.717, 1.165) is 72.4 Å². The molecule has 4 rings (SSSR count). The Balaban J connectivity index is 1.42. The SMILES string of the molecule is CCCc1cc(N2CCC(NCC(O)c3ccc(C)cn3)CC2)nc2sc(C(=O)O)c(N)c12. The highest BCUT2D eigenvalue weighted by Gasteiger charge is 2.24. The van der Waals surface area contributed by atoms with Crippen molar-refractivity contribution in [1.29, 1.82) is 0 Å². The summed E-state index contributed by atoms with van der Waals surface area (Å²) in [5, 5.41) is 24.2. The van der Waals surface area contributed by atoms with Gasteiger partial charge in [-0.25, -0.2) is 9.78 Å². The lowest BCUT2D eigenvalue weighted by atomic mass is 10.0. The van der Waals surface area contributed by atoms with Gasteiger partial charge in [-0.15, -0.1) is 11.3 Å². The maximum atomic E-state index is 11.6. The number of thiophene rings is 1. The molecule has 33 heavy (non-hydrogen) atoms. The number of carboxylic acid groups (broad SMARTS) is 1. The molecule has 8 nitrogen and oxygen atoms in total. The van der Waals surface area contributed by atoms with Crippen LogP contribution in [-0.2, 0) is 6.42 Å². The molecule has 1 aliphatic heterocycles. The zero-order chi connectivity index (χ0) is 23.5. The molecule has 1 aliphatic rings. The van der Waals surface area contributed by atoms with Gasteiger partial charge in [-0.05, 0) is 49.4 Å². The smallest absolute Gasteiger partial charge is 0.348 e. The van der Waals surface area contributed by atoms with Gasteiger partial charge >= 0.3 is 5.97 Å². The zero-order valence-corrected chi connectivity index (χ0v) is 19.9. The first-order valence-electron chi connectivity index (χ1n) is 11.4. The first-order valence-corrected chi connectivity index (χ1v) is 12.2. The van der Waals surface area contributed by atoms with Crippen molar-refractivity contribution in [2.24, 2.45) is 0 Å². The average molecular weight is 470 g/mol. The molecule has 0 saturated carbocycles. The van der Waals surface area contributed by atoms with Gasteiger partial charge in [-0.2, -0.15) is 0 Å². The normalized spacial score (nSPS) is 15.8. The number of aliphatic hydroxyl groups excluding tert-OH is 1. The Labute approximate surface area is 197 Å². The molecule has 0 aliphatic carbocycles. The molecule has 1 unspecified atom stereocenters. The van der Waals surface area contributed by atoms with Gasteiger partial charge in [0.1, 0.15) is 21.6 Å². The number of rotatable bonds is 8. The summed E-state index contributed by atoms with van der Waals surface area (Å²) < 4.78 is 0. The van der Waals surface area contributed by atoms with Crippen LogP contribution in [0.2, 0.25) is 0 Å². The van der Waals surface area contributed by atoms with Crippen molar-refractivity contribution >= 4 is 39.0 Å². The Bertz CT molecular complexity index is 1120. The fourth-order valence-electron chi connectivity index (χ4n) is 4.34. The van der Waals surface area contributed by atoms with Crippen molar-refractivity contribution in [3.63, 3.8) is 0 Å². The molecule has 1 saturated heterocycles. The number of carbonyl (C=O) groups is 1. The lowest BCUT2D eigenvalue weighted by molar-refractivity contribution is 0.0703. The number of nitrogens with zero attached hydrogens (tertiary/aromatic N) is 3. The van der Waals surface area contributed by atoms with Crippen molar-refractivity contribution < 1.29 is 15.0 Å². The van der Waals surface area contributed by atoms with Crippen LogP contribution in [-0.4, -0.2) is 51.8 Å². The van der Waals surface area contributed by atoms with E-state index in [1.165, 1.54) is 0 Å². The van der Waals surface area contributed by atoms with Crippen molar-refractivity contribution in [3.05, 3.63) is 46.1 Å². The van der Waals surface area contributed by atoms with Gasteiger partial charge in [-0.1, -0.05) is 19.4 Å².